The van der Waals surface area contributed by atoms with Gasteiger partial charge in [-0.25, -0.2) is 9.59 Å². The van der Waals surface area contributed by atoms with Gasteiger partial charge in [0.15, 0.2) is 0 Å². The van der Waals surface area contributed by atoms with Crippen LogP contribution in [0.4, 0.5) is 4.79 Å². The summed E-state index contributed by atoms with van der Waals surface area (Å²) < 4.78 is 0. The van der Waals surface area contributed by atoms with E-state index in [-0.39, 0.29) is 17.1 Å². The van der Waals surface area contributed by atoms with Crippen LogP contribution in [0.5, 0.6) is 0 Å². The van der Waals surface area contributed by atoms with Gasteiger partial charge in [-0.1, -0.05) is 6.07 Å². The molecule has 0 saturated carbocycles. The number of carbonyl (C=O) groups is 2. The fraction of sp³-hybridized carbons (Fsp3) is 0.500. The number of likely N-dealkylation sites (tertiary alicyclic amines) is 1. The second-order valence-corrected chi connectivity index (χ2v) is 6.49. The van der Waals surface area contributed by atoms with E-state index in [9.17, 15) is 9.59 Å². The Labute approximate surface area is 124 Å². The summed E-state index contributed by atoms with van der Waals surface area (Å²) >= 11 is 0. The number of carbonyl (C=O) groups excluding carboxylic acids is 1. The lowest BCUT2D eigenvalue weighted by atomic mass is 10.0. The van der Waals surface area contributed by atoms with Crippen molar-refractivity contribution in [3.05, 3.63) is 34.9 Å². The molecule has 2 amide bonds. The molecule has 0 aliphatic carbocycles. The maximum Gasteiger partial charge on any atom is 0.335 e. The van der Waals surface area contributed by atoms with Crippen LogP contribution < -0.4 is 0 Å². The first-order valence-corrected chi connectivity index (χ1v) is 7.30. The van der Waals surface area contributed by atoms with Crippen LogP contribution in [0.15, 0.2) is 18.2 Å². The van der Waals surface area contributed by atoms with Gasteiger partial charge in [0.05, 0.1) is 5.56 Å². The Balaban J connectivity index is 1.78. The van der Waals surface area contributed by atoms with Crippen molar-refractivity contribution in [2.24, 2.45) is 0 Å². The molecule has 1 aromatic rings. The van der Waals surface area contributed by atoms with Crippen LogP contribution in [0.1, 0.15) is 48.2 Å². The molecule has 0 unspecified atom stereocenters. The quantitative estimate of drug-likeness (QED) is 0.864. The maximum absolute atomic E-state index is 12.7. The molecule has 1 fully saturated rings. The number of hydrogen-bond acceptors (Lipinski definition) is 2. The van der Waals surface area contributed by atoms with Crippen molar-refractivity contribution in [1.82, 2.24) is 9.80 Å². The van der Waals surface area contributed by atoms with Gasteiger partial charge in [0, 0.05) is 25.2 Å². The van der Waals surface area contributed by atoms with Crippen molar-refractivity contribution in [1.29, 1.82) is 0 Å². The summed E-state index contributed by atoms with van der Waals surface area (Å²) in [6.45, 7) is 6.08. The predicted molar refractivity (Wildman–Crippen MR) is 78.1 cm³/mol. The summed E-state index contributed by atoms with van der Waals surface area (Å²) in [4.78, 5) is 27.5. The number of carboxylic acid groups (broad SMARTS) is 1. The van der Waals surface area contributed by atoms with E-state index in [1.807, 2.05) is 15.9 Å². The van der Waals surface area contributed by atoms with Gasteiger partial charge in [-0.3, -0.25) is 0 Å². The Hall–Kier alpha value is -2.04. The highest BCUT2D eigenvalue weighted by atomic mass is 16.4. The summed E-state index contributed by atoms with van der Waals surface area (Å²) in [5, 5.41) is 9.04. The van der Waals surface area contributed by atoms with Crippen LogP contribution in [-0.2, 0) is 13.1 Å². The minimum atomic E-state index is -0.928. The van der Waals surface area contributed by atoms with E-state index in [2.05, 4.69) is 13.8 Å². The van der Waals surface area contributed by atoms with Crippen LogP contribution in [0.3, 0.4) is 0 Å². The van der Waals surface area contributed by atoms with Gasteiger partial charge in [0.25, 0.3) is 0 Å². The first-order chi connectivity index (χ1) is 9.88. The number of urea groups is 1. The van der Waals surface area contributed by atoms with E-state index in [1.165, 1.54) is 0 Å². The van der Waals surface area contributed by atoms with Crippen molar-refractivity contribution in [3.63, 3.8) is 0 Å². The lowest BCUT2D eigenvalue weighted by molar-refractivity contribution is 0.0696. The van der Waals surface area contributed by atoms with E-state index in [0.29, 0.717) is 13.1 Å². The molecule has 0 bridgehead atoms. The van der Waals surface area contributed by atoms with E-state index < -0.39 is 5.97 Å². The summed E-state index contributed by atoms with van der Waals surface area (Å²) in [6.07, 6.45) is 2.07. The largest absolute Gasteiger partial charge is 0.478 e. The summed E-state index contributed by atoms with van der Waals surface area (Å²) in [5.74, 6) is -0.928. The molecule has 0 atom stereocenters. The van der Waals surface area contributed by atoms with Gasteiger partial charge in [0.2, 0.25) is 0 Å². The normalized spacial score (nSPS) is 19.7. The summed E-state index contributed by atoms with van der Waals surface area (Å²) in [7, 11) is 0. The van der Waals surface area contributed by atoms with Gasteiger partial charge < -0.3 is 14.9 Å². The first-order valence-electron chi connectivity index (χ1n) is 7.30. The second-order valence-electron chi connectivity index (χ2n) is 6.49. The molecule has 21 heavy (non-hydrogen) atoms. The zero-order chi connectivity index (χ0) is 15.2. The highest BCUT2D eigenvalue weighted by Crippen LogP contribution is 2.32. The molecule has 0 spiro atoms. The lowest BCUT2D eigenvalue weighted by Crippen LogP contribution is -2.48. The van der Waals surface area contributed by atoms with Crippen molar-refractivity contribution in [2.75, 3.05) is 6.54 Å². The highest BCUT2D eigenvalue weighted by molar-refractivity contribution is 5.88. The number of aromatic carboxylic acids is 1. The number of benzene rings is 1. The number of amides is 2. The standard InChI is InChI=1S/C16H20N2O3/c1-16(2)6-3-7-18(16)15(21)17-9-12-5-4-11(14(19)20)8-13(12)10-17/h4-5,8H,3,6-7,9-10H2,1-2H3,(H,19,20). The molecule has 2 heterocycles. The fourth-order valence-electron chi connectivity index (χ4n) is 3.30. The van der Waals surface area contributed by atoms with Gasteiger partial charge in [-0.2, -0.15) is 0 Å². The number of rotatable bonds is 1. The predicted octanol–water partition coefficient (Wildman–Crippen LogP) is 2.69. The molecule has 3 rings (SSSR count). The fourth-order valence-corrected chi connectivity index (χ4v) is 3.30. The van der Waals surface area contributed by atoms with Crippen LogP contribution in [-0.4, -0.2) is 39.0 Å². The maximum atomic E-state index is 12.7. The highest BCUT2D eigenvalue weighted by Gasteiger charge is 2.38. The summed E-state index contributed by atoms with van der Waals surface area (Å²) in [5.41, 5.74) is 2.19. The number of fused-ring (bicyclic) bond motifs is 1. The van der Waals surface area contributed by atoms with Gasteiger partial charge in [0.1, 0.15) is 0 Å². The van der Waals surface area contributed by atoms with E-state index in [4.69, 9.17) is 5.11 Å². The van der Waals surface area contributed by atoms with Crippen LogP contribution in [0.2, 0.25) is 0 Å². The monoisotopic (exact) mass is 288 g/mol. The third-order valence-corrected chi connectivity index (χ3v) is 4.58. The molecule has 2 aliphatic rings. The minimum Gasteiger partial charge on any atom is -0.478 e. The molecule has 0 aromatic heterocycles. The van der Waals surface area contributed by atoms with E-state index >= 15 is 0 Å². The zero-order valence-corrected chi connectivity index (χ0v) is 12.4. The Morgan fingerprint density at radius 2 is 1.90 bits per heavy atom. The number of hydrogen-bond donors (Lipinski definition) is 1. The molecular formula is C16H20N2O3. The summed E-state index contributed by atoms with van der Waals surface area (Å²) in [6, 6.07) is 5.17. The van der Waals surface area contributed by atoms with Crippen molar-refractivity contribution < 1.29 is 14.7 Å². The molecule has 1 aromatic carbocycles. The Kier molecular flexibility index (Phi) is 3.15. The van der Waals surface area contributed by atoms with Gasteiger partial charge >= 0.3 is 12.0 Å². The Bertz CT molecular complexity index is 610. The minimum absolute atomic E-state index is 0.0607. The van der Waals surface area contributed by atoms with E-state index in [1.54, 1.807) is 12.1 Å². The molecule has 1 N–H and O–H groups in total. The first kappa shape index (κ1) is 13.9. The SMILES string of the molecule is CC1(C)CCCN1C(=O)N1Cc2ccc(C(=O)O)cc2C1. The molecular weight excluding hydrogens is 268 g/mol. The van der Waals surface area contributed by atoms with Crippen molar-refractivity contribution >= 4 is 12.0 Å². The smallest absolute Gasteiger partial charge is 0.335 e. The Morgan fingerprint density at radius 3 is 2.52 bits per heavy atom. The lowest BCUT2D eigenvalue weighted by Gasteiger charge is -2.34. The van der Waals surface area contributed by atoms with Crippen molar-refractivity contribution in [3.8, 4) is 0 Å². The van der Waals surface area contributed by atoms with Crippen LogP contribution in [0.25, 0.3) is 0 Å². The van der Waals surface area contributed by atoms with Crippen LogP contribution in [0, 0.1) is 0 Å². The molecule has 112 valence electrons. The molecule has 1 saturated heterocycles. The molecule has 5 heteroatoms. The second kappa shape index (κ2) is 4.76. The average molecular weight is 288 g/mol. The molecule has 2 aliphatic heterocycles. The third-order valence-electron chi connectivity index (χ3n) is 4.58. The average Bonchev–Trinajstić information content (AvgIpc) is 2.99. The number of nitrogens with zero attached hydrogens (tertiary/aromatic N) is 2. The Morgan fingerprint density at radius 1 is 1.19 bits per heavy atom. The zero-order valence-electron chi connectivity index (χ0n) is 12.4. The number of carboxylic acids is 1. The topological polar surface area (TPSA) is 60.9 Å². The van der Waals surface area contributed by atoms with E-state index in [0.717, 1.165) is 30.5 Å². The third kappa shape index (κ3) is 2.37. The van der Waals surface area contributed by atoms with Crippen molar-refractivity contribution in [2.45, 2.75) is 45.3 Å². The molecule has 0 radical (unpaired) electrons. The van der Waals surface area contributed by atoms with Gasteiger partial charge in [-0.15, -0.1) is 0 Å². The van der Waals surface area contributed by atoms with Gasteiger partial charge in [-0.05, 0) is 49.9 Å². The van der Waals surface area contributed by atoms with Crippen LogP contribution >= 0.6 is 0 Å². The molecule has 5 nitrogen and oxygen atoms in total.